The van der Waals surface area contributed by atoms with E-state index in [1.165, 1.54) is 10.6 Å². The zero-order valence-electron chi connectivity index (χ0n) is 7.30. The number of nitrogens with zero attached hydrogens (tertiary/aromatic N) is 2. The van der Waals surface area contributed by atoms with Crippen LogP contribution in [0.5, 0.6) is 0 Å². The van der Waals surface area contributed by atoms with Crippen molar-refractivity contribution in [3.8, 4) is 5.00 Å². The summed E-state index contributed by atoms with van der Waals surface area (Å²) in [5, 5.41) is 3.41. The average Bonchev–Trinajstić information content (AvgIpc) is 2.71. The summed E-state index contributed by atoms with van der Waals surface area (Å²) in [6, 6.07) is 2.18. The average molecular weight is 210 g/mol. The molecule has 68 valence electrons. The standard InChI is InChI=1S/C9H10N2S2/c1-12-6-8-2-5-13-9(8)11-4-3-10-7-11/h2-5,7H,6H2,1H3. The quantitative estimate of drug-likeness (QED) is 0.775. The molecule has 0 atom stereocenters. The maximum atomic E-state index is 4.04. The van der Waals surface area contributed by atoms with Crippen LogP contribution in [0.3, 0.4) is 0 Å². The Morgan fingerprint density at radius 2 is 2.54 bits per heavy atom. The highest BCUT2D eigenvalue weighted by Crippen LogP contribution is 2.24. The number of aromatic nitrogens is 2. The highest BCUT2D eigenvalue weighted by atomic mass is 32.2. The maximum Gasteiger partial charge on any atom is 0.104 e. The SMILES string of the molecule is CSCc1ccsc1-n1ccnc1. The van der Waals surface area contributed by atoms with Crippen LogP contribution >= 0.6 is 23.1 Å². The third-order valence-electron chi connectivity index (χ3n) is 1.76. The van der Waals surface area contributed by atoms with Gasteiger partial charge in [-0.3, -0.25) is 4.57 Å². The molecule has 2 rings (SSSR count). The topological polar surface area (TPSA) is 17.8 Å². The Morgan fingerprint density at radius 1 is 1.62 bits per heavy atom. The molecule has 2 heterocycles. The number of imidazole rings is 1. The first-order valence-corrected chi connectivity index (χ1v) is 6.23. The number of thioether (sulfide) groups is 1. The summed E-state index contributed by atoms with van der Waals surface area (Å²) in [4.78, 5) is 4.04. The minimum absolute atomic E-state index is 1.07. The summed E-state index contributed by atoms with van der Waals surface area (Å²) in [5.41, 5.74) is 1.38. The molecule has 0 aliphatic heterocycles. The van der Waals surface area contributed by atoms with Gasteiger partial charge in [-0.25, -0.2) is 4.98 Å². The molecule has 4 heteroatoms. The van der Waals surface area contributed by atoms with Crippen LogP contribution in [0.4, 0.5) is 0 Å². The number of hydrogen-bond acceptors (Lipinski definition) is 3. The molecule has 0 saturated carbocycles. The molecule has 2 aromatic rings. The Morgan fingerprint density at radius 3 is 3.23 bits per heavy atom. The second kappa shape index (κ2) is 3.98. The number of rotatable bonds is 3. The van der Waals surface area contributed by atoms with Gasteiger partial charge in [-0.15, -0.1) is 11.3 Å². The largest absolute Gasteiger partial charge is 0.297 e. The molecule has 2 aromatic heterocycles. The van der Waals surface area contributed by atoms with Crippen LogP contribution in [-0.4, -0.2) is 15.8 Å². The lowest BCUT2D eigenvalue weighted by atomic mass is 10.3. The van der Waals surface area contributed by atoms with E-state index < -0.39 is 0 Å². The normalized spacial score (nSPS) is 10.5. The van der Waals surface area contributed by atoms with Crippen molar-refractivity contribution in [3.63, 3.8) is 0 Å². The molecular weight excluding hydrogens is 200 g/mol. The lowest BCUT2D eigenvalue weighted by Crippen LogP contribution is -1.90. The highest BCUT2D eigenvalue weighted by Gasteiger charge is 2.04. The molecule has 0 spiro atoms. The molecule has 0 unspecified atom stereocenters. The van der Waals surface area contributed by atoms with Crippen LogP contribution in [0, 0.1) is 0 Å². The molecule has 0 fully saturated rings. The summed E-state index contributed by atoms with van der Waals surface area (Å²) in [5.74, 6) is 1.07. The fourth-order valence-corrected chi connectivity index (χ4v) is 2.72. The van der Waals surface area contributed by atoms with Crippen LogP contribution < -0.4 is 0 Å². The van der Waals surface area contributed by atoms with E-state index in [9.17, 15) is 0 Å². The van der Waals surface area contributed by atoms with Crippen LogP contribution in [0.2, 0.25) is 0 Å². The Labute approximate surface area is 85.6 Å². The van der Waals surface area contributed by atoms with Crippen molar-refractivity contribution < 1.29 is 0 Å². The van der Waals surface area contributed by atoms with Crippen molar-refractivity contribution in [2.24, 2.45) is 0 Å². The van der Waals surface area contributed by atoms with E-state index in [0.717, 1.165) is 5.75 Å². The van der Waals surface area contributed by atoms with Gasteiger partial charge in [0.2, 0.25) is 0 Å². The molecule has 0 amide bonds. The Balaban J connectivity index is 2.35. The Kier molecular flexibility index (Phi) is 2.71. The van der Waals surface area contributed by atoms with Crippen molar-refractivity contribution in [3.05, 3.63) is 35.7 Å². The van der Waals surface area contributed by atoms with Gasteiger partial charge in [0.1, 0.15) is 5.00 Å². The zero-order chi connectivity index (χ0) is 9.10. The summed E-state index contributed by atoms with van der Waals surface area (Å²) in [6.45, 7) is 0. The minimum Gasteiger partial charge on any atom is -0.297 e. The number of thiophene rings is 1. The predicted octanol–water partition coefficient (Wildman–Crippen LogP) is 2.80. The van der Waals surface area contributed by atoms with Gasteiger partial charge in [0.15, 0.2) is 0 Å². The molecule has 0 bridgehead atoms. The van der Waals surface area contributed by atoms with E-state index in [1.54, 1.807) is 11.3 Å². The van der Waals surface area contributed by atoms with E-state index in [2.05, 4.69) is 27.3 Å². The first-order chi connectivity index (χ1) is 6.42. The molecule has 0 saturated heterocycles. The van der Waals surface area contributed by atoms with Gasteiger partial charge in [0.05, 0.1) is 6.33 Å². The fraction of sp³-hybridized carbons (Fsp3) is 0.222. The zero-order valence-corrected chi connectivity index (χ0v) is 8.94. The Hall–Kier alpha value is -0.740. The predicted molar refractivity (Wildman–Crippen MR) is 58.7 cm³/mol. The lowest BCUT2D eigenvalue weighted by molar-refractivity contribution is 1.07. The molecule has 13 heavy (non-hydrogen) atoms. The first kappa shape index (κ1) is 8.84. The van der Waals surface area contributed by atoms with Crippen molar-refractivity contribution in [1.29, 1.82) is 0 Å². The van der Waals surface area contributed by atoms with E-state index >= 15 is 0 Å². The molecule has 0 radical (unpaired) electrons. The first-order valence-electron chi connectivity index (χ1n) is 3.95. The smallest absolute Gasteiger partial charge is 0.104 e. The van der Waals surface area contributed by atoms with Gasteiger partial charge in [0.25, 0.3) is 0 Å². The number of hydrogen-bond donors (Lipinski definition) is 0. The van der Waals surface area contributed by atoms with Crippen LogP contribution in [-0.2, 0) is 5.75 Å². The molecule has 0 N–H and O–H groups in total. The summed E-state index contributed by atoms with van der Waals surface area (Å²) in [6.07, 6.45) is 7.75. The van der Waals surface area contributed by atoms with Gasteiger partial charge in [0, 0.05) is 18.1 Å². The second-order valence-electron chi connectivity index (χ2n) is 2.65. The van der Waals surface area contributed by atoms with E-state index in [-0.39, 0.29) is 0 Å². The van der Waals surface area contributed by atoms with E-state index in [4.69, 9.17) is 0 Å². The van der Waals surface area contributed by atoms with Crippen LogP contribution in [0.15, 0.2) is 30.2 Å². The summed E-state index contributed by atoms with van der Waals surface area (Å²) >= 11 is 3.60. The molecule has 0 aliphatic rings. The van der Waals surface area contributed by atoms with Gasteiger partial charge >= 0.3 is 0 Å². The van der Waals surface area contributed by atoms with Crippen LogP contribution in [0.1, 0.15) is 5.56 Å². The van der Waals surface area contributed by atoms with Crippen LogP contribution in [0.25, 0.3) is 5.00 Å². The molecular formula is C9H10N2S2. The van der Waals surface area contributed by atoms with Gasteiger partial charge in [-0.1, -0.05) is 0 Å². The summed E-state index contributed by atoms with van der Waals surface area (Å²) < 4.78 is 2.07. The van der Waals surface area contributed by atoms with Gasteiger partial charge in [-0.2, -0.15) is 11.8 Å². The van der Waals surface area contributed by atoms with Gasteiger partial charge in [-0.05, 0) is 23.3 Å². The monoisotopic (exact) mass is 210 g/mol. The maximum absolute atomic E-state index is 4.04. The minimum atomic E-state index is 1.07. The lowest BCUT2D eigenvalue weighted by Gasteiger charge is -2.01. The third-order valence-corrected chi connectivity index (χ3v) is 3.33. The third kappa shape index (κ3) is 1.78. The Bertz CT molecular complexity index is 365. The molecule has 0 aromatic carbocycles. The van der Waals surface area contributed by atoms with E-state index in [0.29, 0.717) is 0 Å². The van der Waals surface area contributed by atoms with Crippen molar-refractivity contribution in [1.82, 2.24) is 9.55 Å². The van der Waals surface area contributed by atoms with E-state index in [1.807, 2.05) is 30.5 Å². The molecule has 0 aliphatic carbocycles. The highest BCUT2D eigenvalue weighted by molar-refractivity contribution is 7.97. The fourth-order valence-electron chi connectivity index (χ4n) is 1.20. The van der Waals surface area contributed by atoms with Crippen molar-refractivity contribution in [2.75, 3.05) is 6.26 Å². The molecule has 2 nitrogen and oxygen atoms in total. The second-order valence-corrected chi connectivity index (χ2v) is 4.41. The van der Waals surface area contributed by atoms with Crippen molar-refractivity contribution in [2.45, 2.75) is 5.75 Å². The van der Waals surface area contributed by atoms with Gasteiger partial charge < -0.3 is 0 Å². The summed E-state index contributed by atoms with van der Waals surface area (Å²) in [7, 11) is 0. The van der Waals surface area contributed by atoms with Crippen molar-refractivity contribution >= 4 is 23.1 Å².